The van der Waals surface area contributed by atoms with Crippen LogP contribution in [0.4, 0.5) is 19.4 Å². The van der Waals surface area contributed by atoms with Crippen molar-refractivity contribution in [2.24, 2.45) is 0 Å². The first-order valence-corrected chi connectivity index (χ1v) is 4.93. The van der Waals surface area contributed by atoms with Gasteiger partial charge in [0.25, 0.3) is 10.2 Å². The van der Waals surface area contributed by atoms with Gasteiger partial charge in [-0.2, -0.15) is 0 Å². The smallest absolute Gasteiger partial charge is 0.326 e. The first-order chi connectivity index (χ1) is 5.74. The number of carboxylic acids is 2. The number of rotatable bonds is 4. The minimum absolute atomic E-state index is 2.19. The number of hydrogen-bond donors (Lipinski definition) is 2. The van der Waals surface area contributed by atoms with Crippen molar-refractivity contribution in [2.45, 2.75) is 11.7 Å². The Morgan fingerprint density at radius 2 is 1.43 bits per heavy atom. The lowest BCUT2D eigenvalue weighted by Gasteiger charge is -2.44. The number of carboxylic acid groups (broad SMARTS) is 2. The molecule has 0 spiro atoms. The van der Waals surface area contributed by atoms with E-state index in [0.717, 1.165) is 0 Å². The van der Waals surface area contributed by atoms with Gasteiger partial charge in [-0.25, -0.2) is 0 Å². The van der Waals surface area contributed by atoms with E-state index >= 15 is 0 Å². The Morgan fingerprint density at radius 1 is 1.07 bits per heavy atom. The molecule has 14 heavy (non-hydrogen) atoms. The predicted molar refractivity (Wildman–Crippen MR) is 36.8 cm³/mol. The Kier molecular flexibility index (Phi) is 2.30. The molecule has 0 aromatic heterocycles. The third kappa shape index (κ3) is 3.77. The normalized spacial score (nSPS) is 19.2. The summed E-state index contributed by atoms with van der Waals surface area (Å²) in [6.45, 7) is 0. The van der Waals surface area contributed by atoms with E-state index in [4.69, 9.17) is 10.2 Å². The van der Waals surface area contributed by atoms with Crippen molar-refractivity contribution in [3.8, 4) is 0 Å². The second-order valence-corrected chi connectivity index (χ2v) is 5.08. The predicted octanol–water partition coefficient (Wildman–Crippen LogP) is 2.21. The first-order valence-electron chi connectivity index (χ1n) is 2.91. The SMILES string of the molecule is O=C(O)CC(C(=O)O)S(F)(F)(F)(F)F. The molecule has 0 aliphatic carbocycles. The van der Waals surface area contributed by atoms with Gasteiger partial charge in [-0.3, -0.25) is 9.59 Å². The van der Waals surface area contributed by atoms with Gasteiger partial charge in [-0.05, 0) is 0 Å². The second-order valence-electron chi connectivity index (χ2n) is 2.45. The topological polar surface area (TPSA) is 74.6 Å². The number of hydrogen-bond acceptors (Lipinski definition) is 2. The standard InChI is InChI=1S/C4H5F5O4S/c5-14(6,7,8,9)2(4(12)13)1-3(10)11/h2H,1H2,(H,10,11)(H,12,13). The average Bonchev–Trinajstić information content (AvgIpc) is 1.75. The monoisotopic (exact) mass is 244 g/mol. The van der Waals surface area contributed by atoms with Crippen LogP contribution in [0.3, 0.4) is 0 Å². The molecule has 0 saturated heterocycles. The minimum atomic E-state index is -10.3. The van der Waals surface area contributed by atoms with E-state index < -0.39 is 33.8 Å². The first kappa shape index (κ1) is 12.9. The molecule has 2 N–H and O–H groups in total. The number of halogens is 5. The molecule has 0 amide bonds. The number of carbonyl (C=O) groups is 2. The highest BCUT2D eigenvalue weighted by molar-refractivity contribution is 8.46. The maximum absolute atomic E-state index is 11.8. The third-order valence-corrected chi connectivity index (χ3v) is 2.62. The molecule has 0 rings (SSSR count). The molecule has 1 unspecified atom stereocenters. The van der Waals surface area contributed by atoms with Gasteiger partial charge in [0.15, 0.2) is 0 Å². The summed E-state index contributed by atoms with van der Waals surface area (Å²) in [5.74, 6) is -5.16. The minimum Gasteiger partial charge on any atom is -0.481 e. The fourth-order valence-corrected chi connectivity index (χ4v) is 1.43. The molecule has 86 valence electrons. The molecule has 0 aliphatic heterocycles. The molecule has 0 aromatic rings. The van der Waals surface area contributed by atoms with Gasteiger partial charge < -0.3 is 10.2 Å². The van der Waals surface area contributed by atoms with Crippen molar-refractivity contribution < 1.29 is 39.2 Å². The van der Waals surface area contributed by atoms with Crippen molar-refractivity contribution in [1.82, 2.24) is 0 Å². The van der Waals surface area contributed by atoms with Crippen molar-refractivity contribution in [3.05, 3.63) is 0 Å². The molecule has 0 bridgehead atoms. The average molecular weight is 244 g/mol. The van der Waals surface area contributed by atoms with Crippen LogP contribution in [0.2, 0.25) is 0 Å². The highest BCUT2D eigenvalue weighted by Gasteiger charge is 2.73. The van der Waals surface area contributed by atoms with E-state index in [2.05, 4.69) is 0 Å². The van der Waals surface area contributed by atoms with E-state index in [1.54, 1.807) is 0 Å². The Balaban J connectivity index is 5.26. The molecule has 0 aromatic carbocycles. The molecule has 0 radical (unpaired) electrons. The molecule has 0 heterocycles. The van der Waals surface area contributed by atoms with E-state index in [0.29, 0.717) is 0 Å². The fourth-order valence-electron chi connectivity index (χ4n) is 0.594. The van der Waals surface area contributed by atoms with Crippen LogP contribution in [0, 0.1) is 0 Å². The van der Waals surface area contributed by atoms with E-state index in [1.807, 2.05) is 0 Å². The highest BCUT2D eigenvalue weighted by atomic mass is 32.5. The lowest BCUT2D eigenvalue weighted by atomic mass is 10.3. The molecule has 4 nitrogen and oxygen atoms in total. The summed E-state index contributed by atoms with van der Waals surface area (Å²) in [6, 6.07) is 0. The van der Waals surface area contributed by atoms with Gasteiger partial charge in [0, 0.05) is 0 Å². The molecule has 0 saturated carbocycles. The summed E-state index contributed by atoms with van der Waals surface area (Å²) in [6.07, 6.45) is -2.19. The zero-order chi connectivity index (χ0) is 11.8. The fraction of sp³-hybridized carbons (Fsp3) is 0.500. The lowest BCUT2D eigenvalue weighted by molar-refractivity contribution is -0.143. The van der Waals surface area contributed by atoms with Crippen molar-refractivity contribution in [1.29, 1.82) is 0 Å². The van der Waals surface area contributed by atoms with Crippen LogP contribution >= 0.6 is 10.2 Å². The summed E-state index contributed by atoms with van der Waals surface area (Å²) in [4.78, 5) is 19.6. The van der Waals surface area contributed by atoms with Gasteiger partial charge in [-0.1, -0.05) is 19.4 Å². The molecular formula is C4H5F5O4S. The van der Waals surface area contributed by atoms with E-state index in [1.165, 1.54) is 0 Å². The Hall–Kier alpha value is -1.06. The maximum atomic E-state index is 11.8. The van der Waals surface area contributed by atoms with Crippen molar-refractivity contribution >= 4 is 22.2 Å². The van der Waals surface area contributed by atoms with Crippen LogP contribution < -0.4 is 0 Å². The van der Waals surface area contributed by atoms with Crippen molar-refractivity contribution in [2.75, 3.05) is 0 Å². The Labute approximate surface area is 74.0 Å². The van der Waals surface area contributed by atoms with Crippen LogP contribution in [0.15, 0.2) is 0 Å². The van der Waals surface area contributed by atoms with Gasteiger partial charge in [0.1, 0.15) is 0 Å². The van der Waals surface area contributed by atoms with Gasteiger partial charge >= 0.3 is 11.9 Å². The van der Waals surface area contributed by atoms with Crippen LogP contribution in [0.1, 0.15) is 6.42 Å². The van der Waals surface area contributed by atoms with Gasteiger partial charge in [0.05, 0.1) is 6.42 Å². The van der Waals surface area contributed by atoms with E-state index in [9.17, 15) is 29.0 Å². The Morgan fingerprint density at radius 3 is 1.50 bits per heavy atom. The maximum Gasteiger partial charge on any atom is 0.326 e. The zero-order valence-corrected chi connectivity index (χ0v) is 7.11. The second kappa shape index (κ2) is 2.49. The third-order valence-electron chi connectivity index (χ3n) is 1.17. The molecule has 10 heteroatoms. The van der Waals surface area contributed by atoms with Gasteiger partial charge in [-0.15, -0.1) is 0 Å². The summed E-state index contributed by atoms with van der Waals surface area (Å²) in [5.41, 5.74) is 0. The van der Waals surface area contributed by atoms with Crippen LogP contribution in [-0.2, 0) is 9.59 Å². The quantitative estimate of drug-likeness (QED) is 0.743. The summed E-state index contributed by atoms with van der Waals surface area (Å²) < 4.78 is 59.2. The number of aliphatic carboxylic acids is 2. The molecule has 1 atom stereocenters. The summed E-state index contributed by atoms with van der Waals surface area (Å²) in [5, 5.41) is 11.6. The van der Waals surface area contributed by atoms with Crippen LogP contribution in [0.25, 0.3) is 0 Å². The largest absolute Gasteiger partial charge is 0.481 e. The molecular weight excluding hydrogens is 239 g/mol. The zero-order valence-electron chi connectivity index (χ0n) is 6.29. The van der Waals surface area contributed by atoms with Crippen molar-refractivity contribution in [3.63, 3.8) is 0 Å². The lowest BCUT2D eigenvalue weighted by Crippen LogP contribution is -2.35. The van der Waals surface area contributed by atoms with Gasteiger partial charge in [0.2, 0.25) is 5.25 Å². The summed E-state index contributed by atoms with van der Waals surface area (Å²) in [7, 11) is -10.3. The Bertz CT molecular complexity index is 280. The highest BCUT2D eigenvalue weighted by Crippen LogP contribution is 3.00. The van der Waals surface area contributed by atoms with Crippen LogP contribution in [0.5, 0.6) is 0 Å². The molecule has 0 fully saturated rings. The van der Waals surface area contributed by atoms with E-state index in [-0.39, 0.29) is 0 Å². The molecule has 0 aliphatic rings. The summed E-state index contributed by atoms with van der Waals surface area (Å²) >= 11 is 0. The van der Waals surface area contributed by atoms with Crippen LogP contribution in [-0.4, -0.2) is 27.4 Å².